The first kappa shape index (κ1) is 11.0. The number of nitrogen functional groups attached to an aromatic ring is 1. The third-order valence-electron chi connectivity index (χ3n) is 2.45. The second-order valence-electron chi connectivity index (χ2n) is 3.38. The lowest BCUT2D eigenvalue weighted by Crippen LogP contribution is -1.98. The number of aromatic nitrogens is 2. The number of nitrogens with two attached hydrogens (primary N) is 1. The number of aryl methyl sites for hydroxylation is 1. The molecule has 0 unspecified atom stereocenters. The lowest BCUT2D eigenvalue weighted by atomic mass is 10.1. The molecule has 2 rings (SSSR count). The zero-order chi connectivity index (χ0) is 11.7. The summed E-state index contributed by atoms with van der Waals surface area (Å²) in [4.78, 5) is 0. The van der Waals surface area contributed by atoms with Crippen LogP contribution in [0.15, 0.2) is 28.9 Å². The van der Waals surface area contributed by atoms with Crippen LogP contribution in [0, 0.1) is 0 Å². The van der Waals surface area contributed by atoms with Gasteiger partial charge >= 0.3 is 0 Å². The Morgan fingerprint density at radius 3 is 2.75 bits per heavy atom. The fraction of sp³-hybridized carbons (Fsp3) is 0.182. The Balaban J connectivity index is 2.68. The van der Waals surface area contributed by atoms with Gasteiger partial charge in [0.1, 0.15) is 11.6 Å². The summed E-state index contributed by atoms with van der Waals surface area (Å²) >= 11 is 3.50. The van der Waals surface area contributed by atoms with E-state index in [9.17, 15) is 0 Å². The van der Waals surface area contributed by atoms with Gasteiger partial charge in [-0.3, -0.25) is 4.68 Å². The number of hydrogen-bond acceptors (Lipinski definition) is 3. The molecule has 2 aromatic rings. The summed E-state index contributed by atoms with van der Waals surface area (Å²) in [6.07, 6.45) is 1.73. The third-order valence-corrected chi connectivity index (χ3v) is 3.11. The van der Waals surface area contributed by atoms with Crippen LogP contribution in [-0.4, -0.2) is 16.9 Å². The summed E-state index contributed by atoms with van der Waals surface area (Å²) in [5.41, 5.74) is 7.75. The van der Waals surface area contributed by atoms with Gasteiger partial charge in [-0.05, 0) is 12.1 Å². The van der Waals surface area contributed by atoms with Gasteiger partial charge in [-0.15, -0.1) is 0 Å². The summed E-state index contributed by atoms with van der Waals surface area (Å²) in [6.45, 7) is 0. The molecule has 2 N–H and O–H groups in total. The molecular weight excluding hydrogens is 270 g/mol. The van der Waals surface area contributed by atoms with Crippen molar-refractivity contribution < 1.29 is 4.74 Å². The molecule has 0 aliphatic carbocycles. The molecule has 5 heteroatoms. The number of methoxy groups -OCH3 is 1. The van der Waals surface area contributed by atoms with Crippen LogP contribution in [0.25, 0.3) is 11.1 Å². The van der Waals surface area contributed by atoms with Crippen LogP contribution >= 0.6 is 15.9 Å². The minimum Gasteiger partial charge on any atom is -0.496 e. The molecule has 0 amide bonds. The number of halogens is 1. The van der Waals surface area contributed by atoms with Crippen LogP contribution in [0.3, 0.4) is 0 Å². The van der Waals surface area contributed by atoms with Gasteiger partial charge < -0.3 is 10.5 Å². The molecule has 84 valence electrons. The van der Waals surface area contributed by atoms with Crippen molar-refractivity contribution in [2.24, 2.45) is 7.05 Å². The number of rotatable bonds is 2. The first-order chi connectivity index (χ1) is 7.65. The van der Waals surface area contributed by atoms with Gasteiger partial charge in [-0.2, -0.15) is 5.10 Å². The minimum absolute atomic E-state index is 0.616. The predicted molar refractivity (Wildman–Crippen MR) is 67.3 cm³/mol. The molecule has 4 nitrogen and oxygen atoms in total. The molecule has 0 aliphatic heterocycles. The Hall–Kier alpha value is -1.49. The molecule has 0 radical (unpaired) electrons. The lowest BCUT2D eigenvalue weighted by Gasteiger charge is -2.09. The Kier molecular flexibility index (Phi) is 2.87. The zero-order valence-corrected chi connectivity index (χ0v) is 10.7. The lowest BCUT2D eigenvalue weighted by molar-refractivity contribution is 0.416. The average molecular weight is 282 g/mol. The Morgan fingerprint density at radius 2 is 2.19 bits per heavy atom. The SMILES string of the molecule is COc1cccc(Br)c1-c1cnn(C)c1N. The Morgan fingerprint density at radius 1 is 1.44 bits per heavy atom. The van der Waals surface area contributed by atoms with Crippen molar-refractivity contribution in [3.63, 3.8) is 0 Å². The van der Waals surface area contributed by atoms with E-state index in [-0.39, 0.29) is 0 Å². The first-order valence-corrected chi connectivity index (χ1v) is 5.54. The van der Waals surface area contributed by atoms with Crippen molar-refractivity contribution >= 4 is 21.7 Å². The summed E-state index contributed by atoms with van der Waals surface area (Å²) in [5, 5.41) is 4.12. The van der Waals surface area contributed by atoms with Gasteiger partial charge in [-0.1, -0.05) is 22.0 Å². The molecule has 16 heavy (non-hydrogen) atoms. The second-order valence-corrected chi connectivity index (χ2v) is 4.24. The molecular formula is C11H12BrN3O. The first-order valence-electron chi connectivity index (χ1n) is 4.75. The zero-order valence-electron chi connectivity index (χ0n) is 9.07. The van der Waals surface area contributed by atoms with E-state index in [1.54, 1.807) is 18.0 Å². The van der Waals surface area contributed by atoms with Crippen molar-refractivity contribution in [1.29, 1.82) is 0 Å². The molecule has 0 bridgehead atoms. The van der Waals surface area contributed by atoms with Crippen LogP contribution in [0.1, 0.15) is 0 Å². The van der Waals surface area contributed by atoms with Gasteiger partial charge in [0.15, 0.2) is 0 Å². The van der Waals surface area contributed by atoms with Gasteiger partial charge in [0, 0.05) is 22.6 Å². The van der Waals surface area contributed by atoms with E-state index >= 15 is 0 Å². The van der Waals surface area contributed by atoms with Crippen molar-refractivity contribution in [1.82, 2.24) is 9.78 Å². The van der Waals surface area contributed by atoms with Crippen LogP contribution in [0.2, 0.25) is 0 Å². The van der Waals surface area contributed by atoms with Crippen molar-refractivity contribution in [3.05, 3.63) is 28.9 Å². The fourth-order valence-corrected chi connectivity index (χ4v) is 2.14. The van der Waals surface area contributed by atoms with Crippen LogP contribution < -0.4 is 10.5 Å². The van der Waals surface area contributed by atoms with E-state index in [1.807, 2.05) is 25.2 Å². The summed E-state index contributed by atoms with van der Waals surface area (Å²) in [6, 6.07) is 5.76. The smallest absolute Gasteiger partial charge is 0.129 e. The van der Waals surface area contributed by atoms with E-state index in [0.29, 0.717) is 5.82 Å². The van der Waals surface area contributed by atoms with Crippen LogP contribution in [0.4, 0.5) is 5.82 Å². The van der Waals surface area contributed by atoms with Crippen molar-refractivity contribution in [2.75, 3.05) is 12.8 Å². The van der Waals surface area contributed by atoms with Gasteiger partial charge in [-0.25, -0.2) is 0 Å². The molecule has 1 heterocycles. The molecule has 0 aliphatic rings. The molecule has 0 saturated heterocycles. The van der Waals surface area contributed by atoms with E-state index in [4.69, 9.17) is 10.5 Å². The van der Waals surface area contributed by atoms with E-state index < -0.39 is 0 Å². The van der Waals surface area contributed by atoms with Gasteiger partial charge in [0.05, 0.1) is 13.3 Å². The van der Waals surface area contributed by atoms with E-state index in [2.05, 4.69) is 21.0 Å². The highest BCUT2D eigenvalue weighted by molar-refractivity contribution is 9.10. The number of nitrogens with zero attached hydrogens (tertiary/aromatic N) is 2. The standard InChI is InChI=1S/C11H12BrN3O/c1-15-11(13)7(6-14-15)10-8(12)4-3-5-9(10)16-2/h3-6H,13H2,1-2H3. The maximum atomic E-state index is 5.95. The molecule has 1 aromatic carbocycles. The summed E-state index contributed by atoms with van der Waals surface area (Å²) in [7, 11) is 3.44. The van der Waals surface area contributed by atoms with Crippen molar-refractivity contribution in [3.8, 4) is 16.9 Å². The highest BCUT2D eigenvalue weighted by atomic mass is 79.9. The maximum Gasteiger partial charge on any atom is 0.129 e. The number of benzene rings is 1. The average Bonchev–Trinajstić information content (AvgIpc) is 2.60. The fourth-order valence-electron chi connectivity index (χ4n) is 1.58. The molecule has 0 fully saturated rings. The maximum absolute atomic E-state index is 5.95. The molecule has 0 atom stereocenters. The van der Waals surface area contributed by atoms with Crippen LogP contribution in [-0.2, 0) is 7.05 Å². The van der Waals surface area contributed by atoms with Gasteiger partial charge in [0.2, 0.25) is 0 Å². The van der Waals surface area contributed by atoms with E-state index in [1.165, 1.54) is 0 Å². The Labute approximate surface area is 102 Å². The number of anilines is 1. The monoisotopic (exact) mass is 281 g/mol. The molecule has 0 saturated carbocycles. The summed E-state index contributed by atoms with van der Waals surface area (Å²) in [5.74, 6) is 1.39. The van der Waals surface area contributed by atoms with E-state index in [0.717, 1.165) is 21.3 Å². The number of hydrogen-bond donors (Lipinski definition) is 1. The molecule has 0 spiro atoms. The van der Waals surface area contributed by atoms with Crippen molar-refractivity contribution in [2.45, 2.75) is 0 Å². The predicted octanol–water partition coefficient (Wildman–Crippen LogP) is 2.44. The molecule has 1 aromatic heterocycles. The largest absolute Gasteiger partial charge is 0.496 e. The quantitative estimate of drug-likeness (QED) is 0.920. The highest BCUT2D eigenvalue weighted by Crippen LogP contribution is 2.38. The third kappa shape index (κ3) is 1.67. The van der Waals surface area contributed by atoms with Crippen LogP contribution in [0.5, 0.6) is 5.75 Å². The second kappa shape index (κ2) is 4.17. The Bertz CT molecular complexity index is 522. The van der Waals surface area contributed by atoms with Gasteiger partial charge in [0.25, 0.3) is 0 Å². The topological polar surface area (TPSA) is 53.1 Å². The summed E-state index contributed by atoms with van der Waals surface area (Å²) < 4.78 is 7.89. The minimum atomic E-state index is 0.616. The highest BCUT2D eigenvalue weighted by Gasteiger charge is 2.15. The normalized spacial score (nSPS) is 10.4. The number of ether oxygens (including phenoxy) is 1.